The van der Waals surface area contributed by atoms with E-state index in [0.29, 0.717) is 5.13 Å². The molecular weight excluding hydrogens is 404 g/mol. The van der Waals surface area contributed by atoms with Gasteiger partial charge in [0, 0.05) is 17.5 Å². The number of rotatable bonds is 6. The van der Waals surface area contributed by atoms with Crippen molar-refractivity contribution in [1.29, 1.82) is 0 Å². The van der Waals surface area contributed by atoms with E-state index in [9.17, 15) is 14.4 Å². The highest BCUT2D eigenvalue weighted by Crippen LogP contribution is 2.31. The maximum Gasteiger partial charge on any atom is 0.328 e. The third-order valence-corrected chi connectivity index (χ3v) is 6.78. The number of hydrogen-bond acceptors (Lipinski definition) is 6. The average molecular weight is 437 g/mol. The first-order chi connectivity index (χ1) is 14.5. The molecule has 0 bridgehead atoms. The van der Waals surface area contributed by atoms with Gasteiger partial charge in [-0.2, -0.15) is 0 Å². The van der Waals surface area contributed by atoms with Crippen LogP contribution in [0.15, 0.2) is 5.38 Å². The molecule has 2 saturated carbocycles. The molecule has 2 aliphatic rings. The lowest BCUT2D eigenvalue weighted by Gasteiger charge is -2.41. The zero-order valence-corrected chi connectivity index (χ0v) is 18.6. The van der Waals surface area contributed by atoms with Gasteiger partial charge in [0.2, 0.25) is 0 Å². The lowest BCUT2D eigenvalue weighted by molar-refractivity contribution is -0.142. The number of amides is 3. The average Bonchev–Trinajstić information content (AvgIpc) is 3.23. The Morgan fingerprint density at radius 1 is 1.07 bits per heavy atom. The number of ether oxygens (including phenoxy) is 1. The molecule has 166 valence electrons. The van der Waals surface area contributed by atoms with Crippen LogP contribution in [-0.4, -0.2) is 53.0 Å². The summed E-state index contributed by atoms with van der Waals surface area (Å²) in [6.07, 6.45) is 11.4. The summed E-state index contributed by atoms with van der Waals surface area (Å²) in [6.45, 7) is 1.55. The van der Waals surface area contributed by atoms with Crippen LogP contribution in [0.25, 0.3) is 0 Å². The van der Waals surface area contributed by atoms with Crippen LogP contribution in [-0.2, 0) is 9.53 Å². The lowest BCUT2D eigenvalue weighted by Crippen LogP contribution is -2.50. The molecule has 1 heterocycles. The number of thiazole rings is 1. The zero-order valence-electron chi connectivity index (χ0n) is 17.8. The molecule has 1 aromatic heterocycles. The maximum atomic E-state index is 13.2. The second kappa shape index (κ2) is 10.7. The normalized spacial score (nSPS) is 19.0. The predicted octanol–water partition coefficient (Wildman–Crippen LogP) is 3.93. The van der Waals surface area contributed by atoms with Crippen molar-refractivity contribution in [3.63, 3.8) is 0 Å². The van der Waals surface area contributed by atoms with E-state index >= 15 is 0 Å². The largest absolute Gasteiger partial charge is 0.467 e. The number of esters is 1. The molecule has 2 fully saturated rings. The highest BCUT2D eigenvalue weighted by atomic mass is 32.1. The first kappa shape index (κ1) is 22.5. The van der Waals surface area contributed by atoms with E-state index in [1.54, 1.807) is 12.3 Å². The summed E-state index contributed by atoms with van der Waals surface area (Å²) in [4.78, 5) is 43.3. The van der Waals surface area contributed by atoms with Crippen LogP contribution in [0, 0.1) is 0 Å². The van der Waals surface area contributed by atoms with E-state index < -0.39 is 17.9 Å². The van der Waals surface area contributed by atoms with Gasteiger partial charge >= 0.3 is 12.0 Å². The van der Waals surface area contributed by atoms with Gasteiger partial charge in [-0.05, 0) is 32.6 Å². The predicted molar refractivity (Wildman–Crippen MR) is 116 cm³/mol. The fraction of sp³-hybridized carbons (Fsp3) is 0.714. The summed E-state index contributed by atoms with van der Waals surface area (Å²) in [5.41, 5.74) is 0.174. The Bertz CT molecular complexity index is 723. The fourth-order valence-electron chi connectivity index (χ4n) is 4.45. The molecule has 2 N–H and O–H groups in total. The zero-order chi connectivity index (χ0) is 21.5. The molecule has 0 saturated heterocycles. The van der Waals surface area contributed by atoms with E-state index in [1.807, 2.05) is 0 Å². The highest BCUT2D eigenvalue weighted by Gasteiger charge is 2.33. The molecule has 3 rings (SSSR count). The summed E-state index contributed by atoms with van der Waals surface area (Å²) in [7, 11) is 1.27. The molecule has 3 amide bonds. The quantitative estimate of drug-likeness (QED) is 0.658. The molecule has 8 nitrogen and oxygen atoms in total. The van der Waals surface area contributed by atoms with Gasteiger partial charge in [0.05, 0.1) is 7.11 Å². The van der Waals surface area contributed by atoms with Crippen molar-refractivity contribution >= 4 is 34.4 Å². The molecule has 0 aliphatic heterocycles. The van der Waals surface area contributed by atoms with Gasteiger partial charge in [0.15, 0.2) is 5.13 Å². The number of urea groups is 1. The molecule has 9 heteroatoms. The smallest absolute Gasteiger partial charge is 0.328 e. The van der Waals surface area contributed by atoms with Crippen molar-refractivity contribution in [2.75, 3.05) is 12.4 Å². The van der Waals surface area contributed by atoms with Crippen LogP contribution < -0.4 is 10.6 Å². The van der Waals surface area contributed by atoms with E-state index in [4.69, 9.17) is 0 Å². The molecule has 2 aliphatic carbocycles. The highest BCUT2D eigenvalue weighted by molar-refractivity contribution is 7.14. The van der Waals surface area contributed by atoms with Gasteiger partial charge in [-0.1, -0.05) is 38.5 Å². The molecule has 0 radical (unpaired) electrons. The maximum absolute atomic E-state index is 13.2. The van der Waals surface area contributed by atoms with Crippen molar-refractivity contribution in [3.05, 3.63) is 11.1 Å². The lowest BCUT2D eigenvalue weighted by atomic mass is 9.89. The Hall–Kier alpha value is -2.16. The molecule has 0 aromatic carbocycles. The van der Waals surface area contributed by atoms with Crippen LogP contribution in [0.5, 0.6) is 0 Å². The van der Waals surface area contributed by atoms with Crippen LogP contribution in [0.2, 0.25) is 0 Å². The first-order valence-electron chi connectivity index (χ1n) is 10.9. The topological polar surface area (TPSA) is 101 Å². The van der Waals surface area contributed by atoms with Gasteiger partial charge < -0.3 is 15.0 Å². The number of nitrogens with one attached hydrogen (secondary N) is 2. The number of carbonyl (C=O) groups is 3. The Labute approximate surface area is 181 Å². The van der Waals surface area contributed by atoms with E-state index in [0.717, 1.165) is 25.7 Å². The number of carbonyl (C=O) groups excluding carboxylic acids is 3. The van der Waals surface area contributed by atoms with Crippen LogP contribution in [0.3, 0.4) is 0 Å². The Balaban J connectivity index is 1.65. The minimum Gasteiger partial charge on any atom is -0.467 e. The second-order valence-electron chi connectivity index (χ2n) is 8.18. The number of methoxy groups -OCH3 is 1. The second-order valence-corrected chi connectivity index (χ2v) is 9.04. The van der Waals surface area contributed by atoms with Crippen molar-refractivity contribution < 1.29 is 19.1 Å². The summed E-state index contributed by atoms with van der Waals surface area (Å²) >= 11 is 1.21. The van der Waals surface area contributed by atoms with Gasteiger partial charge in [-0.25, -0.2) is 14.6 Å². The third kappa shape index (κ3) is 5.71. The van der Waals surface area contributed by atoms with Gasteiger partial charge in [-0.15, -0.1) is 11.3 Å². The van der Waals surface area contributed by atoms with E-state index in [-0.39, 0.29) is 23.8 Å². The van der Waals surface area contributed by atoms with Crippen LogP contribution in [0.1, 0.15) is 81.6 Å². The molecular formula is C21H32N4O4S. The Morgan fingerprint density at radius 2 is 1.63 bits per heavy atom. The standard InChI is InChI=1S/C21H32N4O4S/c1-14(19(27)29-2)22-18(26)17-13-30-20(23-17)24-21(28)25(15-9-5-3-6-10-15)16-11-7-4-8-12-16/h13-16H,3-12H2,1-2H3,(H,22,26)(H,23,24,28)/t14-/m0/s1. The number of anilines is 1. The molecule has 1 aromatic rings. The summed E-state index contributed by atoms with van der Waals surface area (Å²) in [5, 5.41) is 7.45. The van der Waals surface area contributed by atoms with Crippen LogP contribution >= 0.6 is 11.3 Å². The molecule has 0 unspecified atom stereocenters. The Morgan fingerprint density at radius 3 is 2.17 bits per heavy atom. The van der Waals surface area contributed by atoms with Gasteiger partial charge in [-0.3, -0.25) is 10.1 Å². The van der Waals surface area contributed by atoms with Crippen molar-refractivity contribution in [2.45, 2.75) is 89.3 Å². The molecule has 1 atom stereocenters. The fourth-order valence-corrected chi connectivity index (χ4v) is 5.13. The van der Waals surface area contributed by atoms with Crippen LogP contribution in [0.4, 0.5) is 9.93 Å². The number of aromatic nitrogens is 1. The number of nitrogens with zero attached hydrogens (tertiary/aromatic N) is 2. The van der Waals surface area contributed by atoms with Crippen molar-refractivity contribution in [2.24, 2.45) is 0 Å². The molecule has 0 spiro atoms. The molecule has 30 heavy (non-hydrogen) atoms. The van der Waals surface area contributed by atoms with Gasteiger partial charge in [0.1, 0.15) is 11.7 Å². The van der Waals surface area contributed by atoms with Gasteiger partial charge in [0.25, 0.3) is 5.91 Å². The van der Waals surface area contributed by atoms with Crippen molar-refractivity contribution in [3.8, 4) is 0 Å². The minimum atomic E-state index is -0.768. The summed E-state index contributed by atoms with van der Waals surface area (Å²) < 4.78 is 4.61. The SMILES string of the molecule is COC(=O)[C@H](C)NC(=O)c1csc(NC(=O)N(C2CCCCC2)C2CCCCC2)n1. The number of hydrogen-bond donors (Lipinski definition) is 2. The third-order valence-electron chi connectivity index (χ3n) is 6.02. The summed E-state index contributed by atoms with van der Waals surface area (Å²) in [5.74, 6) is -0.997. The summed E-state index contributed by atoms with van der Waals surface area (Å²) in [6, 6.07) is -0.315. The Kier molecular flexibility index (Phi) is 8.07. The van der Waals surface area contributed by atoms with E-state index in [2.05, 4.69) is 25.3 Å². The van der Waals surface area contributed by atoms with E-state index in [1.165, 1.54) is 57.0 Å². The first-order valence-corrected chi connectivity index (χ1v) is 11.8. The minimum absolute atomic E-state index is 0.113. The van der Waals surface area contributed by atoms with Crippen molar-refractivity contribution in [1.82, 2.24) is 15.2 Å². The monoisotopic (exact) mass is 436 g/mol.